The molecule has 0 aromatic carbocycles. The minimum absolute atomic E-state index is 0.0304. The van der Waals surface area contributed by atoms with E-state index in [1.165, 1.54) is 6.08 Å². The molecule has 1 heterocycles. The van der Waals surface area contributed by atoms with Crippen molar-refractivity contribution in [3.05, 3.63) is 11.8 Å². The van der Waals surface area contributed by atoms with Crippen LogP contribution in [0.5, 0.6) is 0 Å². The maximum atomic E-state index is 10.8. The molecule has 1 atom stereocenters. The lowest BCUT2D eigenvalue weighted by atomic mass is 10.1. The Balaban J connectivity index is 2.65. The Morgan fingerprint density at radius 2 is 2.60 bits per heavy atom. The fourth-order valence-electron chi connectivity index (χ4n) is 0.939. The number of aliphatic hydroxyl groups excluding tert-OH is 1. The van der Waals surface area contributed by atoms with E-state index in [4.69, 9.17) is 9.84 Å². The van der Waals surface area contributed by atoms with Crippen LogP contribution in [-0.4, -0.2) is 23.6 Å². The minimum Gasteiger partial charge on any atom is -0.492 e. The minimum atomic E-state index is -0.184. The molecule has 0 aromatic rings. The maximum Gasteiger partial charge on any atom is 0.162 e. The molecule has 0 saturated heterocycles. The highest BCUT2D eigenvalue weighted by Gasteiger charge is 2.16. The van der Waals surface area contributed by atoms with Gasteiger partial charge in [0.15, 0.2) is 5.78 Å². The quantitative estimate of drug-likeness (QED) is 0.570. The molecule has 0 unspecified atom stereocenters. The Labute approximate surface area is 59.3 Å². The molecule has 0 aliphatic carbocycles. The molecule has 3 heteroatoms. The first-order valence-corrected chi connectivity index (χ1v) is 3.23. The van der Waals surface area contributed by atoms with Gasteiger partial charge < -0.3 is 9.84 Å². The van der Waals surface area contributed by atoms with Crippen LogP contribution in [0.1, 0.15) is 13.3 Å². The number of allylic oxidation sites excluding steroid dienone is 1. The Bertz CT molecular complexity index is 172. The van der Waals surface area contributed by atoms with E-state index in [0.717, 1.165) is 0 Å². The maximum absolute atomic E-state index is 10.8. The van der Waals surface area contributed by atoms with Crippen LogP contribution in [-0.2, 0) is 9.53 Å². The summed E-state index contributed by atoms with van der Waals surface area (Å²) in [5.74, 6) is 0.409. The van der Waals surface area contributed by atoms with E-state index in [-0.39, 0.29) is 18.5 Å². The normalized spacial score (nSPS) is 25.6. The van der Waals surface area contributed by atoms with E-state index < -0.39 is 0 Å². The molecule has 56 valence electrons. The van der Waals surface area contributed by atoms with Crippen molar-refractivity contribution in [2.75, 3.05) is 6.61 Å². The fourth-order valence-corrected chi connectivity index (χ4v) is 0.939. The van der Waals surface area contributed by atoms with Gasteiger partial charge in [-0.25, -0.2) is 0 Å². The first-order chi connectivity index (χ1) is 4.72. The van der Waals surface area contributed by atoms with Gasteiger partial charge in [-0.15, -0.1) is 0 Å². The molecule has 1 aliphatic rings. The number of rotatable bonds is 1. The highest BCUT2D eigenvalue weighted by Crippen LogP contribution is 2.12. The predicted octanol–water partition coefficient (Wildman–Crippen LogP) is 0.240. The number of carbonyl (C=O) groups excluding carboxylic acids is 1. The van der Waals surface area contributed by atoms with Crippen molar-refractivity contribution in [3.8, 4) is 0 Å². The summed E-state index contributed by atoms with van der Waals surface area (Å²) in [7, 11) is 0. The molecule has 0 saturated carbocycles. The molecule has 3 nitrogen and oxygen atoms in total. The Hall–Kier alpha value is -0.830. The summed E-state index contributed by atoms with van der Waals surface area (Å²) in [6.07, 6.45) is 1.68. The number of ketones is 1. The first-order valence-electron chi connectivity index (χ1n) is 3.23. The zero-order valence-electron chi connectivity index (χ0n) is 5.83. The molecule has 0 fully saturated rings. The molecule has 0 spiro atoms. The van der Waals surface area contributed by atoms with Gasteiger partial charge in [0.2, 0.25) is 0 Å². The van der Waals surface area contributed by atoms with Crippen LogP contribution in [0.3, 0.4) is 0 Å². The van der Waals surface area contributed by atoms with E-state index in [0.29, 0.717) is 12.2 Å². The molecule has 0 aromatic heterocycles. The second kappa shape index (κ2) is 2.84. The number of aliphatic hydroxyl groups is 1. The van der Waals surface area contributed by atoms with E-state index >= 15 is 0 Å². The Morgan fingerprint density at radius 3 is 3.10 bits per heavy atom. The molecule has 0 bridgehead atoms. The standard InChI is InChI=1S/C7H10O3/c1-5-2-6(9)3-7(4-8)10-5/h3,5,8H,2,4H2,1H3/t5-/m1/s1. The van der Waals surface area contributed by atoms with Crippen molar-refractivity contribution < 1.29 is 14.6 Å². The lowest BCUT2D eigenvalue weighted by molar-refractivity contribution is -0.118. The summed E-state index contributed by atoms with van der Waals surface area (Å²) in [5, 5.41) is 8.58. The SMILES string of the molecule is C[C@@H]1CC(=O)C=C(CO)O1. The number of carbonyl (C=O) groups is 1. The number of hydrogen-bond donors (Lipinski definition) is 1. The van der Waals surface area contributed by atoms with Gasteiger partial charge in [0.25, 0.3) is 0 Å². The second-order valence-corrected chi connectivity index (χ2v) is 2.37. The lowest BCUT2D eigenvalue weighted by Crippen LogP contribution is -2.20. The van der Waals surface area contributed by atoms with E-state index in [1.807, 2.05) is 0 Å². The molecule has 10 heavy (non-hydrogen) atoms. The molecular weight excluding hydrogens is 132 g/mol. The zero-order valence-corrected chi connectivity index (χ0v) is 5.83. The van der Waals surface area contributed by atoms with Crippen molar-refractivity contribution in [2.24, 2.45) is 0 Å². The van der Waals surface area contributed by atoms with Crippen molar-refractivity contribution in [3.63, 3.8) is 0 Å². The van der Waals surface area contributed by atoms with Gasteiger partial charge in [0.05, 0.1) is 0 Å². The predicted molar refractivity (Wildman–Crippen MR) is 35.3 cm³/mol. The van der Waals surface area contributed by atoms with Gasteiger partial charge in [-0.05, 0) is 6.92 Å². The summed E-state index contributed by atoms with van der Waals surface area (Å²) in [6.45, 7) is 1.62. The van der Waals surface area contributed by atoms with Crippen LogP contribution in [0, 0.1) is 0 Å². The third-order valence-corrected chi connectivity index (χ3v) is 1.32. The summed E-state index contributed by atoms with van der Waals surface area (Å²) < 4.78 is 5.10. The van der Waals surface area contributed by atoms with Crippen molar-refractivity contribution >= 4 is 5.78 Å². The largest absolute Gasteiger partial charge is 0.492 e. The molecule has 1 rings (SSSR count). The Morgan fingerprint density at radius 1 is 1.90 bits per heavy atom. The van der Waals surface area contributed by atoms with Gasteiger partial charge in [-0.2, -0.15) is 0 Å². The van der Waals surface area contributed by atoms with E-state index in [1.54, 1.807) is 6.92 Å². The third-order valence-electron chi connectivity index (χ3n) is 1.32. The molecule has 1 N–H and O–H groups in total. The Kier molecular flexibility index (Phi) is 2.06. The van der Waals surface area contributed by atoms with E-state index in [9.17, 15) is 4.79 Å². The van der Waals surface area contributed by atoms with Crippen molar-refractivity contribution in [1.82, 2.24) is 0 Å². The number of hydrogen-bond acceptors (Lipinski definition) is 3. The van der Waals surface area contributed by atoms with Gasteiger partial charge in [-0.3, -0.25) is 4.79 Å². The highest BCUT2D eigenvalue weighted by molar-refractivity contribution is 5.91. The summed E-state index contributed by atoms with van der Waals surface area (Å²) in [4.78, 5) is 10.8. The van der Waals surface area contributed by atoms with Crippen molar-refractivity contribution in [1.29, 1.82) is 0 Å². The van der Waals surface area contributed by atoms with Crippen LogP contribution < -0.4 is 0 Å². The topological polar surface area (TPSA) is 46.5 Å². The summed E-state index contributed by atoms with van der Waals surface area (Å²) >= 11 is 0. The zero-order chi connectivity index (χ0) is 7.56. The number of ether oxygens (including phenoxy) is 1. The van der Waals surface area contributed by atoms with Gasteiger partial charge in [0.1, 0.15) is 18.5 Å². The van der Waals surface area contributed by atoms with E-state index in [2.05, 4.69) is 0 Å². The van der Waals surface area contributed by atoms with Crippen molar-refractivity contribution in [2.45, 2.75) is 19.4 Å². The van der Waals surface area contributed by atoms with Crippen LogP contribution >= 0.6 is 0 Å². The average Bonchev–Trinajstić information content (AvgIpc) is 1.85. The van der Waals surface area contributed by atoms with Gasteiger partial charge >= 0.3 is 0 Å². The molecular formula is C7H10O3. The van der Waals surface area contributed by atoms with Crippen LogP contribution in [0.2, 0.25) is 0 Å². The highest BCUT2D eigenvalue weighted by atomic mass is 16.5. The average molecular weight is 142 g/mol. The summed E-state index contributed by atoms with van der Waals surface area (Å²) in [6, 6.07) is 0. The fraction of sp³-hybridized carbons (Fsp3) is 0.571. The lowest BCUT2D eigenvalue weighted by Gasteiger charge is -2.18. The monoisotopic (exact) mass is 142 g/mol. The third kappa shape index (κ3) is 1.57. The summed E-state index contributed by atoms with van der Waals surface area (Å²) in [5.41, 5.74) is 0. The van der Waals surface area contributed by atoms with Crippen LogP contribution in [0.25, 0.3) is 0 Å². The molecule has 0 radical (unpaired) electrons. The van der Waals surface area contributed by atoms with Gasteiger partial charge in [0, 0.05) is 12.5 Å². The molecule has 0 amide bonds. The second-order valence-electron chi connectivity index (χ2n) is 2.37. The first kappa shape index (κ1) is 7.28. The smallest absolute Gasteiger partial charge is 0.162 e. The van der Waals surface area contributed by atoms with Gasteiger partial charge in [-0.1, -0.05) is 0 Å². The van der Waals surface area contributed by atoms with Crippen LogP contribution in [0.15, 0.2) is 11.8 Å². The van der Waals surface area contributed by atoms with Crippen LogP contribution in [0.4, 0.5) is 0 Å². The molecule has 1 aliphatic heterocycles.